The van der Waals surface area contributed by atoms with Gasteiger partial charge in [0.1, 0.15) is 17.0 Å². The van der Waals surface area contributed by atoms with Gasteiger partial charge < -0.3 is 9.64 Å². The third-order valence-corrected chi connectivity index (χ3v) is 8.33. The molecule has 198 valence electrons. The summed E-state index contributed by atoms with van der Waals surface area (Å²) in [5.41, 5.74) is 1.96. The van der Waals surface area contributed by atoms with Gasteiger partial charge in [0.15, 0.2) is 5.82 Å². The highest BCUT2D eigenvalue weighted by Gasteiger charge is 2.34. The Bertz CT molecular complexity index is 1690. The lowest BCUT2D eigenvalue weighted by Gasteiger charge is -2.33. The van der Waals surface area contributed by atoms with Crippen molar-refractivity contribution in [3.05, 3.63) is 71.4 Å². The van der Waals surface area contributed by atoms with Crippen LogP contribution in [0.15, 0.2) is 54.9 Å². The molecule has 5 aromatic rings. The lowest BCUT2D eigenvalue weighted by molar-refractivity contribution is 0.295. The predicted octanol–water partition coefficient (Wildman–Crippen LogP) is 6.23. The van der Waals surface area contributed by atoms with E-state index in [4.69, 9.17) is 21.3 Å². The van der Waals surface area contributed by atoms with Crippen LogP contribution < -0.4 is 9.64 Å². The summed E-state index contributed by atoms with van der Waals surface area (Å²) in [6.45, 7) is 2.14. The second-order valence-corrected chi connectivity index (χ2v) is 11.1. The highest BCUT2D eigenvalue weighted by Crippen LogP contribution is 2.41. The van der Waals surface area contributed by atoms with E-state index < -0.39 is 5.82 Å². The van der Waals surface area contributed by atoms with Crippen molar-refractivity contribution >= 4 is 39.1 Å². The molecule has 7 rings (SSSR count). The fourth-order valence-corrected chi connectivity index (χ4v) is 6.52. The van der Waals surface area contributed by atoms with Crippen molar-refractivity contribution in [2.24, 2.45) is 18.9 Å². The summed E-state index contributed by atoms with van der Waals surface area (Å²) in [5, 5.41) is 7.24. The zero-order chi connectivity index (χ0) is 26.5. The van der Waals surface area contributed by atoms with Crippen molar-refractivity contribution in [3.63, 3.8) is 0 Å². The van der Waals surface area contributed by atoms with Crippen LogP contribution in [0, 0.1) is 17.7 Å². The fraction of sp³-hybridized carbons (Fsp3) is 0.333. The number of pyridine rings is 1. The van der Waals surface area contributed by atoms with Crippen LogP contribution in [0.2, 0.25) is 5.02 Å². The Morgan fingerprint density at radius 1 is 1.05 bits per heavy atom. The summed E-state index contributed by atoms with van der Waals surface area (Å²) in [6, 6.07) is 13.5. The summed E-state index contributed by atoms with van der Waals surface area (Å²) in [6.07, 6.45) is 7.92. The second-order valence-electron chi connectivity index (χ2n) is 10.7. The van der Waals surface area contributed by atoms with Gasteiger partial charge in [-0.05, 0) is 48.6 Å². The molecular weight excluding hydrogens is 515 g/mol. The van der Waals surface area contributed by atoms with E-state index in [2.05, 4.69) is 20.0 Å². The Morgan fingerprint density at radius 2 is 1.85 bits per heavy atom. The fourth-order valence-electron chi connectivity index (χ4n) is 6.23. The molecule has 4 heterocycles. The third-order valence-electron chi connectivity index (χ3n) is 8.02. The number of hydrogen-bond donors (Lipinski definition) is 0. The maximum absolute atomic E-state index is 16.4. The lowest BCUT2D eigenvalue weighted by Crippen LogP contribution is -2.37. The van der Waals surface area contributed by atoms with E-state index in [0.717, 1.165) is 29.6 Å². The van der Waals surface area contributed by atoms with Gasteiger partial charge >= 0.3 is 6.01 Å². The zero-order valence-electron chi connectivity index (χ0n) is 21.6. The van der Waals surface area contributed by atoms with Crippen LogP contribution in [0.5, 0.6) is 6.01 Å². The lowest BCUT2D eigenvalue weighted by atomic mass is 9.98. The molecule has 0 radical (unpaired) electrons. The average Bonchev–Trinajstić information content (AvgIpc) is 3.51. The van der Waals surface area contributed by atoms with Crippen molar-refractivity contribution in [2.75, 3.05) is 24.6 Å². The Morgan fingerprint density at radius 3 is 2.62 bits per heavy atom. The Hall–Kier alpha value is -3.78. The molecule has 2 bridgehead atoms. The zero-order valence-corrected chi connectivity index (χ0v) is 22.4. The second kappa shape index (κ2) is 9.75. The summed E-state index contributed by atoms with van der Waals surface area (Å²) >= 11 is 6.57. The molecule has 2 aromatic carbocycles. The molecular formula is C30H28ClFN6O. The number of aryl methyl sites for hydroxylation is 1. The molecule has 9 heteroatoms. The first-order valence-electron chi connectivity index (χ1n) is 13.4. The maximum atomic E-state index is 16.4. The summed E-state index contributed by atoms with van der Waals surface area (Å²) < 4.78 is 24.2. The first-order valence-corrected chi connectivity index (χ1v) is 13.8. The van der Waals surface area contributed by atoms with Gasteiger partial charge in [0.05, 0.1) is 17.7 Å². The van der Waals surface area contributed by atoms with Gasteiger partial charge in [-0.15, -0.1) is 0 Å². The summed E-state index contributed by atoms with van der Waals surface area (Å²) in [4.78, 5) is 16.3. The molecule has 0 spiro atoms. The van der Waals surface area contributed by atoms with Gasteiger partial charge in [0, 0.05) is 54.9 Å². The van der Waals surface area contributed by atoms with Crippen LogP contribution >= 0.6 is 11.6 Å². The average molecular weight is 543 g/mol. The van der Waals surface area contributed by atoms with Crippen molar-refractivity contribution in [3.8, 4) is 17.3 Å². The smallest absolute Gasteiger partial charge is 0.319 e. The van der Waals surface area contributed by atoms with Gasteiger partial charge in [0.2, 0.25) is 0 Å². The van der Waals surface area contributed by atoms with E-state index >= 15 is 4.39 Å². The van der Waals surface area contributed by atoms with E-state index in [-0.39, 0.29) is 17.2 Å². The van der Waals surface area contributed by atoms with Crippen LogP contribution in [0.1, 0.15) is 25.0 Å². The highest BCUT2D eigenvalue weighted by molar-refractivity contribution is 6.36. The summed E-state index contributed by atoms with van der Waals surface area (Å²) in [5.74, 6) is 1.46. The highest BCUT2D eigenvalue weighted by atomic mass is 35.5. The maximum Gasteiger partial charge on any atom is 0.319 e. The van der Waals surface area contributed by atoms with E-state index in [1.807, 2.05) is 55.7 Å². The van der Waals surface area contributed by atoms with Crippen LogP contribution in [0.4, 0.5) is 10.2 Å². The van der Waals surface area contributed by atoms with E-state index in [9.17, 15) is 0 Å². The van der Waals surface area contributed by atoms with E-state index in [1.54, 1.807) is 10.9 Å². The molecule has 1 aliphatic carbocycles. The Labute approximate surface area is 230 Å². The number of fused-ring (bicyclic) bond motifs is 4. The topological polar surface area (TPSA) is 69.0 Å². The molecule has 7 nitrogen and oxygen atoms in total. The van der Waals surface area contributed by atoms with Crippen molar-refractivity contribution in [1.82, 2.24) is 24.7 Å². The third kappa shape index (κ3) is 4.46. The molecule has 1 aliphatic heterocycles. The first-order chi connectivity index (χ1) is 19.0. The Balaban J connectivity index is 1.33. The van der Waals surface area contributed by atoms with Crippen molar-refractivity contribution in [2.45, 2.75) is 25.7 Å². The molecule has 2 fully saturated rings. The number of hydrogen-bond acceptors (Lipinski definition) is 6. The minimum atomic E-state index is -0.502. The monoisotopic (exact) mass is 542 g/mol. The quantitative estimate of drug-likeness (QED) is 0.253. The largest absolute Gasteiger partial charge is 0.463 e. The standard InChI is InChI=1S/C30H28ClFN6O/c1-37-12-10-21(36-37)11-13-39-30-34-28-23(29(35-30)38-16-18-8-9-19(14-18)17-38)15-33-27(26(28)32)22-6-2-4-20-5-3-7-24(31)25(20)22/h2-7,10,12,15,18-19H,8-9,11,13-14,16-17H2,1H3. The predicted molar refractivity (Wildman–Crippen MR) is 151 cm³/mol. The van der Waals surface area contributed by atoms with Gasteiger partial charge in [-0.2, -0.15) is 15.1 Å². The number of rotatable bonds is 6. The van der Waals surface area contributed by atoms with Crippen LogP contribution in [-0.2, 0) is 13.5 Å². The minimum absolute atomic E-state index is 0.165. The molecule has 3 aromatic heterocycles. The van der Waals surface area contributed by atoms with Crippen LogP contribution in [-0.4, -0.2) is 44.4 Å². The van der Waals surface area contributed by atoms with E-state index in [0.29, 0.717) is 46.7 Å². The molecule has 1 saturated heterocycles. The Kier molecular flexibility index (Phi) is 6.07. The summed E-state index contributed by atoms with van der Waals surface area (Å²) in [7, 11) is 1.88. The number of nitrogens with zero attached hydrogens (tertiary/aromatic N) is 6. The first kappa shape index (κ1) is 24.3. The van der Waals surface area contributed by atoms with Crippen LogP contribution in [0.25, 0.3) is 32.9 Å². The normalized spacial score (nSPS) is 18.8. The molecule has 2 aliphatic rings. The van der Waals surface area contributed by atoms with Gasteiger partial charge in [0.25, 0.3) is 0 Å². The number of anilines is 1. The number of benzene rings is 2. The van der Waals surface area contributed by atoms with Gasteiger partial charge in [-0.1, -0.05) is 41.9 Å². The molecule has 39 heavy (non-hydrogen) atoms. The minimum Gasteiger partial charge on any atom is -0.463 e. The molecule has 0 N–H and O–H groups in total. The van der Waals surface area contributed by atoms with E-state index in [1.165, 1.54) is 19.3 Å². The molecule has 1 saturated carbocycles. The molecule has 2 unspecified atom stereocenters. The number of halogens is 2. The van der Waals surface area contributed by atoms with Crippen molar-refractivity contribution < 1.29 is 9.13 Å². The van der Waals surface area contributed by atoms with Crippen LogP contribution in [0.3, 0.4) is 0 Å². The number of aromatic nitrogens is 5. The SMILES string of the molecule is Cn1ccc(CCOc2nc(N3CC4CCC(C4)C3)c3cnc(-c4cccc5cccc(Cl)c45)c(F)c3n2)n1. The molecule has 2 atom stereocenters. The number of ether oxygens (including phenoxy) is 1. The molecule has 0 amide bonds. The van der Waals surface area contributed by atoms with Gasteiger partial charge in [-0.3, -0.25) is 9.67 Å². The number of piperidine rings is 1. The van der Waals surface area contributed by atoms with Crippen molar-refractivity contribution in [1.29, 1.82) is 0 Å². The van der Waals surface area contributed by atoms with Gasteiger partial charge in [-0.25, -0.2) is 4.39 Å².